The second kappa shape index (κ2) is 6.44. The molecule has 0 bridgehead atoms. The zero-order chi connectivity index (χ0) is 12.8. The van der Waals surface area contributed by atoms with Crippen molar-refractivity contribution in [1.29, 1.82) is 0 Å². The summed E-state index contributed by atoms with van der Waals surface area (Å²) in [6.07, 6.45) is 2.47. The van der Waals surface area contributed by atoms with Gasteiger partial charge in [-0.1, -0.05) is 5.16 Å². The molecule has 0 aliphatic carbocycles. The van der Waals surface area contributed by atoms with Crippen LogP contribution in [0.4, 0.5) is 0 Å². The second-order valence-electron chi connectivity index (χ2n) is 4.66. The van der Waals surface area contributed by atoms with Crippen LogP contribution in [-0.4, -0.2) is 47.5 Å². The summed E-state index contributed by atoms with van der Waals surface area (Å²) in [6, 6.07) is 0.0783. The van der Waals surface area contributed by atoms with Crippen molar-refractivity contribution in [2.24, 2.45) is 16.8 Å². The third kappa shape index (κ3) is 4.22. The van der Waals surface area contributed by atoms with Crippen molar-refractivity contribution in [3.05, 3.63) is 0 Å². The van der Waals surface area contributed by atoms with E-state index in [0.717, 1.165) is 19.6 Å². The molecular weight excluding hydrogens is 220 g/mol. The molecule has 0 aromatic rings. The molecule has 6 nitrogen and oxygen atoms in total. The summed E-state index contributed by atoms with van der Waals surface area (Å²) in [5, 5.41) is 14.2. The normalized spacial score (nSPS) is 21.2. The Labute approximate surface area is 102 Å². The Balaban J connectivity index is 2.34. The third-order valence-electron chi connectivity index (χ3n) is 3.07. The number of rotatable bonds is 5. The van der Waals surface area contributed by atoms with E-state index in [9.17, 15) is 4.79 Å². The van der Waals surface area contributed by atoms with E-state index < -0.39 is 5.92 Å². The fourth-order valence-corrected chi connectivity index (χ4v) is 1.99. The summed E-state index contributed by atoms with van der Waals surface area (Å²) in [4.78, 5) is 14.1. The van der Waals surface area contributed by atoms with Crippen LogP contribution >= 0.6 is 0 Å². The number of nitrogens with two attached hydrogens (primary N) is 1. The Kier molecular flexibility index (Phi) is 5.21. The molecule has 0 spiro atoms. The highest BCUT2D eigenvalue weighted by Crippen LogP contribution is 2.07. The van der Waals surface area contributed by atoms with Crippen molar-refractivity contribution >= 4 is 11.7 Å². The first kappa shape index (κ1) is 13.8. The average Bonchev–Trinajstić information content (AvgIpc) is 2.79. The van der Waals surface area contributed by atoms with Crippen molar-refractivity contribution in [2.75, 3.05) is 19.6 Å². The number of hydrogen-bond donors (Lipinski definition) is 3. The minimum Gasteiger partial charge on any atom is -0.409 e. The molecule has 98 valence electrons. The Morgan fingerprint density at radius 2 is 2.06 bits per heavy atom. The molecule has 1 rings (SSSR count). The lowest BCUT2D eigenvalue weighted by molar-refractivity contribution is -0.123. The van der Waals surface area contributed by atoms with E-state index >= 15 is 0 Å². The number of amides is 1. The minimum atomic E-state index is -0.596. The Hall–Kier alpha value is -1.30. The summed E-state index contributed by atoms with van der Waals surface area (Å²) in [5.41, 5.74) is 5.39. The van der Waals surface area contributed by atoms with Crippen LogP contribution in [0.1, 0.15) is 26.7 Å². The molecular formula is C11H22N4O2. The first-order valence-corrected chi connectivity index (χ1v) is 6.04. The number of carbonyl (C=O) groups is 1. The van der Waals surface area contributed by atoms with Gasteiger partial charge in [0.25, 0.3) is 0 Å². The maximum atomic E-state index is 11.7. The first-order valence-electron chi connectivity index (χ1n) is 6.04. The lowest BCUT2D eigenvalue weighted by Crippen LogP contribution is -2.45. The molecule has 1 aliphatic rings. The summed E-state index contributed by atoms with van der Waals surface area (Å²) in [7, 11) is 0. The predicted molar refractivity (Wildman–Crippen MR) is 65.9 cm³/mol. The van der Waals surface area contributed by atoms with Crippen molar-refractivity contribution in [1.82, 2.24) is 10.2 Å². The highest BCUT2D eigenvalue weighted by molar-refractivity contribution is 6.01. The number of likely N-dealkylation sites (tertiary alicyclic amines) is 1. The molecule has 1 heterocycles. The molecule has 4 N–H and O–H groups in total. The molecule has 0 radical (unpaired) electrons. The molecule has 0 aromatic heterocycles. The van der Waals surface area contributed by atoms with Gasteiger partial charge in [-0.2, -0.15) is 0 Å². The monoisotopic (exact) mass is 242 g/mol. The SMILES string of the molecule is CC(CN1CCCC1)NC(=O)C(C)C(N)=NO. The van der Waals surface area contributed by atoms with Crippen LogP contribution in [0.15, 0.2) is 5.16 Å². The lowest BCUT2D eigenvalue weighted by atomic mass is 10.1. The van der Waals surface area contributed by atoms with Crippen LogP contribution in [0.25, 0.3) is 0 Å². The minimum absolute atomic E-state index is 0.0594. The molecule has 2 atom stereocenters. The predicted octanol–water partition coefficient (Wildman–Crippen LogP) is -0.0306. The smallest absolute Gasteiger partial charge is 0.230 e. The maximum Gasteiger partial charge on any atom is 0.230 e. The maximum absolute atomic E-state index is 11.7. The molecule has 0 aromatic carbocycles. The second-order valence-corrected chi connectivity index (χ2v) is 4.66. The Morgan fingerprint density at radius 1 is 1.47 bits per heavy atom. The number of nitrogens with one attached hydrogen (secondary N) is 1. The van der Waals surface area contributed by atoms with Crippen molar-refractivity contribution in [3.63, 3.8) is 0 Å². The van der Waals surface area contributed by atoms with E-state index in [-0.39, 0.29) is 17.8 Å². The van der Waals surface area contributed by atoms with Crippen LogP contribution in [0.5, 0.6) is 0 Å². The fraction of sp³-hybridized carbons (Fsp3) is 0.818. The van der Waals surface area contributed by atoms with Crippen LogP contribution in [0.2, 0.25) is 0 Å². The van der Waals surface area contributed by atoms with Crippen molar-refractivity contribution in [2.45, 2.75) is 32.7 Å². The van der Waals surface area contributed by atoms with E-state index in [1.54, 1.807) is 6.92 Å². The zero-order valence-corrected chi connectivity index (χ0v) is 10.5. The quantitative estimate of drug-likeness (QED) is 0.273. The van der Waals surface area contributed by atoms with Crippen LogP contribution in [0, 0.1) is 5.92 Å². The number of amidine groups is 1. The van der Waals surface area contributed by atoms with E-state index in [2.05, 4.69) is 15.4 Å². The van der Waals surface area contributed by atoms with Crippen LogP contribution in [0.3, 0.4) is 0 Å². The molecule has 1 saturated heterocycles. The molecule has 17 heavy (non-hydrogen) atoms. The van der Waals surface area contributed by atoms with Gasteiger partial charge in [-0.3, -0.25) is 4.79 Å². The molecule has 1 amide bonds. The Morgan fingerprint density at radius 3 is 2.59 bits per heavy atom. The lowest BCUT2D eigenvalue weighted by Gasteiger charge is -2.22. The molecule has 6 heteroatoms. The molecule has 2 unspecified atom stereocenters. The van der Waals surface area contributed by atoms with Gasteiger partial charge >= 0.3 is 0 Å². The third-order valence-corrected chi connectivity index (χ3v) is 3.07. The van der Waals surface area contributed by atoms with Crippen LogP contribution < -0.4 is 11.1 Å². The number of oxime groups is 1. The highest BCUT2D eigenvalue weighted by atomic mass is 16.4. The largest absolute Gasteiger partial charge is 0.409 e. The molecule has 1 aliphatic heterocycles. The Bertz CT molecular complexity index is 287. The first-order chi connectivity index (χ1) is 8.04. The van der Waals surface area contributed by atoms with Gasteiger partial charge in [0.1, 0.15) is 0 Å². The number of carbonyl (C=O) groups excluding carboxylic acids is 1. The molecule has 0 saturated carbocycles. The summed E-state index contributed by atoms with van der Waals surface area (Å²) >= 11 is 0. The summed E-state index contributed by atoms with van der Waals surface area (Å²) in [5.74, 6) is -0.858. The molecule has 1 fully saturated rings. The average molecular weight is 242 g/mol. The van der Waals surface area contributed by atoms with E-state index in [1.165, 1.54) is 12.8 Å². The van der Waals surface area contributed by atoms with E-state index in [0.29, 0.717) is 0 Å². The number of nitrogens with zero attached hydrogens (tertiary/aromatic N) is 2. The summed E-state index contributed by atoms with van der Waals surface area (Å²) < 4.78 is 0. The van der Waals surface area contributed by atoms with Crippen molar-refractivity contribution in [3.8, 4) is 0 Å². The van der Waals surface area contributed by atoms with Gasteiger partial charge in [0, 0.05) is 12.6 Å². The zero-order valence-electron chi connectivity index (χ0n) is 10.5. The fourth-order valence-electron chi connectivity index (χ4n) is 1.99. The van der Waals surface area contributed by atoms with Gasteiger partial charge in [0.15, 0.2) is 5.84 Å². The van der Waals surface area contributed by atoms with Gasteiger partial charge in [0.05, 0.1) is 5.92 Å². The highest BCUT2D eigenvalue weighted by Gasteiger charge is 2.21. The van der Waals surface area contributed by atoms with Gasteiger partial charge < -0.3 is 21.2 Å². The topological polar surface area (TPSA) is 91.0 Å². The van der Waals surface area contributed by atoms with Gasteiger partial charge in [-0.05, 0) is 39.8 Å². The van der Waals surface area contributed by atoms with Crippen LogP contribution in [-0.2, 0) is 4.79 Å². The summed E-state index contributed by atoms with van der Waals surface area (Å²) in [6.45, 7) is 6.66. The van der Waals surface area contributed by atoms with Gasteiger partial charge in [-0.15, -0.1) is 0 Å². The van der Waals surface area contributed by atoms with Gasteiger partial charge in [-0.25, -0.2) is 0 Å². The van der Waals surface area contributed by atoms with Gasteiger partial charge in [0.2, 0.25) is 5.91 Å². The van der Waals surface area contributed by atoms with Crippen molar-refractivity contribution < 1.29 is 10.0 Å². The van der Waals surface area contributed by atoms with E-state index in [1.807, 2.05) is 6.92 Å². The number of hydrogen-bond acceptors (Lipinski definition) is 4. The van der Waals surface area contributed by atoms with E-state index in [4.69, 9.17) is 10.9 Å². The standard InChI is InChI=1S/C11H22N4O2/c1-8(7-15-5-3-4-6-15)13-11(16)9(2)10(12)14-17/h8-9,17H,3-7H2,1-2H3,(H2,12,14)(H,13,16).